The van der Waals surface area contributed by atoms with E-state index in [1.807, 2.05) is 26.0 Å². The Morgan fingerprint density at radius 1 is 1.22 bits per heavy atom. The fourth-order valence-electron chi connectivity index (χ4n) is 2.28. The van der Waals surface area contributed by atoms with E-state index >= 15 is 0 Å². The number of rotatable bonds is 4. The minimum atomic E-state index is -0.487. The van der Waals surface area contributed by atoms with E-state index in [1.165, 1.54) is 5.56 Å². The number of aromatic nitrogens is 3. The Hall–Kier alpha value is -2.17. The van der Waals surface area contributed by atoms with Crippen LogP contribution in [0, 0.1) is 0 Å². The number of benzene rings is 1. The van der Waals surface area contributed by atoms with E-state index in [-0.39, 0.29) is 17.3 Å². The maximum Gasteiger partial charge on any atom is 0.378 e. The summed E-state index contributed by atoms with van der Waals surface area (Å²) in [5.74, 6) is 0.304. The van der Waals surface area contributed by atoms with Crippen LogP contribution in [0.2, 0.25) is 0 Å². The van der Waals surface area contributed by atoms with Crippen molar-refractivity contribution in [1.82, 2.24) is 14.8 Å². The topological polar surface area (TPSA) is 57.0 Å². The molecule has 5 heteroatoms. The van der Waals surface area contributed by atoms with Crippen LogP contribution in [0.3, 0.4) is 0 Å². The molecule has 0 saturated heterocycles. The molecule has 23 heavy (non-hydrogen) atoms. The summed E-state index contributed by atoms with van der Waals surface area (Å²) < 4.78 is 6.76. The van der Waals surface area contributed by atoms with Gasteiger partial charge in [0.25, 0.3) is 5.82 Å². The average molecular weight is 315 g/mol. The van der Waals surface area contributed by atoms with Crippen molar-refractivity contribution in [2.45, 2.75) is 53.0 Å². The molecule has 0 N–H and O–H groups in total. The standard InChI is InChI=1S/C18H25N3O2/c1-7-23-17(22)15-19-16(21(20-15)12(2)3)13-8-10-14(11-9-13)18(4,5)6/h8-12H,7H2,1-6H3. The van der Waals surface area contributed by atoms with Gasteiger partial charge in [0.1, 0.15) is 0 Å². The lowest BCUT2D eigenvalue weighted by Crippen LogP contribution is -2.11. The van der Waals surface area contributed by atoms with Crippen molar-refractivity contribution in [3.05, 3.63) is 35.7 Å². The van der Waals surface area contributed by atoms with Gasteiger partial charge in [-0.05, 0) is 31.7 Å². The van der Waals surface area contributed by atoms with Crippen LogP contribution < -0.4 is 0 Å². The van der Waals surface area contributed by atoms with E-state index in [1.54, 1.807) is 11.6 Å². The van der Waals surface area contributed by atoms with Crippen LogP contribution in [-0.4, -0.2) is 27.3 Å². The number of esters is 1. The molecule has 0 aliphatic heterocycles. The van der Waals surface area contributed by atoms with Gasteiger partial charge in [-0.1, -0.05) is 45.0 Å². The predicted molar refractivity (Wildman–Crippen MR) is 90.5 cm³/mol. The Kier molecular flexibility index (Phi) is 4.88. The van der Waals surface area contributed by atoms with Crippen LogP contribution in [0.1, 0.15) is 63.8 Å². The van der Waals surface area contributed by atoms with Crippen LogP contribution in [0.25, 0.3) is 11.4 Å². The summed E-state index contributed by atoms with van der Waals surface area (Å²) in [6, 6.07) is 8.34. The molecular weight excluding hydrogens is 290 g/mol. The van der Waals surface area contributed by atoms with Crippen LogP contribution in [0.15, 0.2) is 24.3 Å². The molecule has 5 nitrogen and oxygen atoms in total. The molecular formula is C18H25N3O2. The zero-order valence-corrected chi connectivity index (χ0v) is 14.8. The number of hydrogen-bond acceptors (Lipinski definition) is 4. The maximum atomic E-state index is 11.9. The molecule has 0 unspecified atom stereocenters. The van der Waals surface area contributed by atoms with Gasteiger partial charge >= 0.3 is 5.97 Å². The molecule has 0 amide bonds. The highest BCUT2D eigenvalue weighted by molar-refractivity contribution is 5.85. The van der Waals surface area contributed by atoms with E-state index < -0.39 is 5.97 Å². The fraction of sp³-hybridized carbons (Fsp3) is 0.500. The van der Waals surface area contributed by atoms with Crippen molar-refractivity contribution < 1.29 is 9.53 Å². The van der Waals surface area contributed by atoms with Crippen molar-refractivity contribution in [2.24, 2.45) is 0 Å². The van der Waals surface area contributed by atoms with E-state index in [2.05, 4.69) is 43.0 Å². The summed E-state index contributed by atoms with van der Waals surface area (Å²) in [6.07, 6.45) is 0. The summed E-state index contributed by atoms with van der Waals surface area (Å²) in [5, 5.41) is 4.31. The van der Waals surface area contributed by atoms with Crippen molar-refractivity contribution in [3.63, 3.8) is 0 Å². The number of nitrogens with zero attached hydrogens (tertiary/aromatic N) is 3. The predicted octanol–water partition coefficient (Wildman–Crippen LogP) is 4.00. The second kappa shape index (κ2) is 6.52. The van der Waals surface area contributed by atoms with E-state index in [9.17, 15) is 4.79 Å². The Morgan fingerprint density at radius 2 is 1.83 bits per heavy atom. The molecule has 2 rings (SSSR count). The molecule has 0 saturated carbocycles. The summed E-state index contributed by atoms with van der Waals surface area (Å²) in [4.78, 5) is 16.3. The van der Waals surface area contributed by atoms with E-state index in [0.29, 0.717) is 12.4 Å². The number of ether oxygens (including phenoxy) is 1. The SMILES string of the molecule is CCOC(=O)c1nc(-c2ccc(C(C)(C)C)cc2)n(C(C)C)n1. The van der Waals surface area contributed by atoms with Crippen molar-refractivity contribution in [2.75, 3.05) is 6.61 Å². The van der Waals surface area contributed by atoms with Crippen LogP contribution in [0.4, 0.5) is 0 Å². The molecule has 2 aromatic rings. The third-order valence-electron chi connectivity index (χ3n) is 3.59. The number of carbonyl (C=O) groups is 1. The molecule has 0 aliphatic rings. The lowest BCUT2D eigenvalue weighted by molar-refractivity contribution is 0.0511. The van der Waals surface area contributed by atoms with Gasteiger partial charge in [0, 0.05) is 11.6 Å². The zero-order chi connectivity index (χ0) is 17.2. The first-order chi connectivity index (χ1) is 10.7. The Labute approximate surface area is 137 Å². The van der Waals surface area contributed by atoms with E-state index in [4.69, 9.17) is 4.74 Å². The van der Waals surface area contributed by atoms with Gasteiger partial charge in [0.15, 0.2) is 5.82 Å². The number of hydrogen-bond donors (Lipinski definition) is 0. The molecule has 0 radical (unpaired) electrons. The molecule has 124 valence electrons. The van der Waals surface area contributed by atoms with Gasteiger partial charge in [-0.2, -0.15) is 0 Å². The first-order valence-corrected chi connectivity index (χ1v) is 7.98. The average Bonchev–Trinajstić information content (AvgIpc) is 2.92. The van der Waals surface area contributed by atoms with Gasteiger partial charge in [0.05, 0.1) is 6.61 Å². The van der Waals surface area contributed by atoms with Gasteiger partial charge in [-0.25, -0.2) is 14.5 Å². The smallest absolute Gasteiger partial charge is 0.378 e. The lowest BCUT2D eigenvalue weighted by Gasteiger charge is -2.19. The second-order valence-electron chi connectivity index (χ2n) is 6.85. The third kappa shape index (κ3) is 3.78. The Balaban J connectivity index is 2.43. The van der Waals surface area contributed by atoms with Gasteiger partial charge in [-0.15, -0.1) is 5.10 Å². The summed E-state index contributed by atoms with van der Waals surface area (Å²) in [6.45, 7) is 12.6. The molecule has 1 heterocycles. The summed E-state index contributed by atoms with van der Waals surface area (Å²) >= 11 is 0. The Morgan fingerprint density at radius 3 is 2.30 bits per heavy atom. The van der Waals surface area contributed by atoms with Gasteiger partial charge in [0.2, 0.25) is 0 Å². The fourth-order valence-corrected chi connectivity index (χ4v) is 2.28. The first-order valence-electron chi connectivity index (χ1n) is 7.98. The quantitative estimate of drug-likeness (QED) is 0.800. The van der Waals surface area contributed by atoms with Gasteiger partial charge < -0.3 is 4.74 Å². The lowest BCUT2D eigenvalue weighted by atomic mass is 9.87. The number of carbonyl (C=O) groups excluding carboxylic acids is 1. The normalized spacial score (nSPS) is 11.8. The molecule has 0 fully saturated rings. The highest BCUT2D eigenvalue weighted by Gasteiger charge is 2.20. The minimum Gasteiger partial charge on any atom is -0.460 e. The van der Waals surface area contributed by atoms with E-state index in [0.717, 1.165) is 5.56 Å². The van der Waals surface area contributed by atoms with Crippen molar-refractivity contribution in [3.8, 4) is 11.4 Å². The van der Waals surface area contributed by atoms with Crippen molar-refractivity contribution >= 4 is 5.97 Å². The van der Waals surface area contributed by atoms with Crippen LogP contribution >= 0.6 is 0 Å². The molecule has 0 bridgehead atoms. The third-order valence-corrected chi connectivity index (χ3v) is 3.59. The van der Waals surface area contributed by atoms with Crippen LogP contribution in [-0.2, 0) is 10.2 Å². The summed E-state index contributed by atoms with van der Waals surface area (Å²) in [5.41, 5.74) is 2.29. The van der Waals surface area contributed by atoms with Crippen LogP contribution in [0.5, 0.6) is 0 Å². The molecule has 0 atom stereocenters. The monoisotopic (exact) mass is 315 g/mol. The Bertz CT molecular complexity index is 679. The molecule has 0 spiro atoms. The maximum absolute atomic E-state index is 11.9. The highest BCUT2D eigenvalue weighted by Crippen LogP contribution is 2.26. The second-order valence-corrected chi connectivity index (χ2v) is 6.85. The molecule has 1 aromatic heterocycles. The minimum absolute atomic E-state index is 0.0976. The largest absolute Gasteiger partial charge is 0.460 e. The van der Waals surface area contributed by atoms with Crippen molar-refractivity contribution in [1.29, 1.82) is 0 Å². The molecule has 1 aromatic carbocycles. The highest BCUT2D eigenvalue weighted by atomic mass is 16.5. The summed E-state index contributed by atoms with van der Waals surface area (Å²) in [7, 11) is 0. The van der Waals surface area contributed by atoms with Gasteiger partial charge in [-0.3, -0.25) is 0 Å². The molecule has 0 aliphatic carbocycles. The zero-order valence-electron chi connectivity index (χ0n) is 14.8. The first kappa shape index (κ1) is 17.2.